The molecular formula is C18H29NO3. The maximum atomic E-state index is 11.1. The Morgan fingerprint density at radius 3 is 2.59 bits per heavy atom. The minimum absolute atomic E-state index is 0.136. The molecule has 2 atom stereocenters. The minimum Gasteiger partial charge on any atom is -0.497 e. The zero-order chi connectivity index (χ0) is 16.2. The molecule has 124 valence electrons. The highest BCUT2D eigenvalue weighted by atomic mass is 16.5. The number of rotatable bonds is 7. The van der Waals surface area contributed by atoms with Crippen LogP contribution in [0.3, 0.4) is 0 Å². The van der Waals surface area contributed by atoms with E-state index in [2.05, 4.69) is 18.7 Å². The molecule has 1 saturated heterocycles. The highest BCUT2D eigenvalue weighted by molar-refractivity contribution is 5.31. The maximum absolute atomic E-state index is 11.1. The monoisotopic (exact) mass is 307 g/mol. The van der Waals surface area contributed by atoms with Crippen LogP contribution >= 0.6 is 0 Å². The van der Waals surface area contributed by atoms with Gasteiger partial charge in [-0.1, -0.05) is 12.1 Å². The van der Waals surface area contributed by atoms with Crippen LogP contribution in [-0.4, -0.2) is 49.0 Å². The van der Waals surface area contributed by atoms with Crippen molar-refractivity contribution in [3.05, 3.63) is 29.8 Å². The highest BCUT2D eigenvalue weighted by Crippen LogP contribution is 2.35. The minimum atomic E-state index is -0.861. The fourth-order valence-electron chi connectivity index (χ4n) is 3.26. The van der Waals surface area contributed by atoms with Crippen molar-refractivity contribution in [2.75, 3.05) is 26.8 Å². The van der Waals surface area contributed by atoms with Crippen LogP contribution in [0.5, 0.6) is 5.75 Å². The summed E-state index contributed by atoms with van der Waals surface area (Å²) in [5, 5.41) is 11.1. The molecule has 0 radical (unpaired) electrons. The number of hydrogen-bond donors (Lipinski definition) is 1. The first kappa shape index (κ1) is 17.3. The van der Waals surface area contributed by atoms with Gasteiger partial charge >= 0.3 is 0 Å². The predicted octanol–water partition coefficient (Wildman–Crippen LogP) is 2.79. The summed E-state index contributed by atoms with van der Waals surface area (Å²) in [4.78, 5) is 2.35. The molecule has 0 aliphatic carbocycles. The second-order valence-electron chi connectivity index (χ2n) is 6.49. The van der Waals surface area contributed by atoms with E-state index in [4.69, 9.17) is 9.47 Å². The topological polar surface area (TPSA) is 41.9 Å². The molecule has 4 nitrogen and oxygen atoms in total. The van der Waals surface area contributed by atoms with Gasteiger partial charge in [-0.3, -0.25) is 4.90 Å². The van der Waals surface area contributed by atoms with Gasteiger partial charge in [0.05, 0.1) is 19.8 Å². The average molecular weight is 307 g/mol. The molecule has 0 amide bonds. The Morgan fingerprint density at radius 1 is 1.32 bits per heavy atom. The summed E-state index contributed by atoms with van der Waals surface area (Å²) in [6.45, 7) is 8.63. The van der Waals surface area contributed by atoms with Gasteiger partial charge in [-0.2, -0.15) is 0 Å². The second kappa shape index (κ2) is 7.44. The lowest BCUT2D eigenvalue weighted by molar-refractivity contribution is -0.0335. The van der Waals surface area contributed by atoms with E-state index in [9.17, 15) is 5.11 Å². The van der Waals surface area contributed by atoms with Crippen LogP contribution in [0.1, 0.15) is 39.2 Å². The molecule has 0 spiro atoms. The molecule has 4 heteroatoms. The van der Waals surface area contributed by atoms with Gasteiger partial charge in [-0.05, 0) is 57.9 Å². The number of nitrogens with zero attached hydrogens (tertiary/aromatic N) is 1. The van der Waals surface area contributed by atoms with Gasteiger partial charge in [0, 0.05) is 12.6 Å². The van der Waals surface area contributed by atoms with E-state index in [0.717, 1.165) is 37.2 Å². The summed E-state index contributed by atoms with van der Waals surface area (Å²) in [5.41, 5.74) is 0.0793. The summed E-state index contributed by atoms with van der Waals surface area (Å²) in [7, 11) is 1.65. The van der Waals surface area contributed by atoms with Crippen molar-refractivity contribution in [1.82, 2.24) is 4.90 Å². The molecule has 0 saturated carbocycles. The highest BCUT2D eigenvalue weighted by Gasteiger charge is 2.40. The smallest absolute Gasteiger partial charge is 0.118 e. The van der Waals surface area contributed by atoms with E-state index >= 15 is 0 Å². The van der Waals surface area contributed by atoms with E-state index in [-0.39, 0.29) is 12.1 Å². The largest absolute Gasteiger partial charge is 0.497 e. The zero-order valence-corrected chi connectivity index (χ0v) is 14.2. The van der Waals surface area contributed by atoms with Crippen molar-refractivity contribution in [1.29, 1.82) is 0 Å². The Morgan fingerprint density at radius 2 is 2.00 bits per heavy atom. The Hall–Kier alpha value is -1.10. The summed E-state index contributed by atoms with van der Waals surface area (Å²) in [6.07, 6.45) is 2.39. The summed E-state index contributed by atoms with van der Waals surface area (Å²) in [6, 6.07) is 7.87. The van der Waals surface area contributed by atoms with Crippen LogP contribution in [0.25, 0.3) is 0 Å². The van der Waals surface area contributed by atoms with E-state index < -0.39 is 5.60 Å². The molecule has 1 aliphatic rings. The quantitative estimate of drug-likeness (QED) is 0.841. The number of aliphatic hydroxyl groups is 1. The fraction of sp³-hybridized carbons (Fsp3) is 0.667. The van der Waals surface area contributed by atoms with Gasteiger partial charge in [0.2, 0.25) is 0 Å². The van der Waals surface area contributed by atoms with Crippen LogP contribution in [-0.2, 0) is 10.3 Å². The third kappa shape index (κ3) is 4.00. The second-order valence-corrected chi connectivity index (χ2v) is 6.49. The number of hydrogen-bond acceptors (Lipinski definition) is 4. The first-order valence-electron chi connectivity index (χ1n) is 8.17. The van der Waals surface area contributed by atoms with Crippen LogP contribution in [0.2, 0.25) is 0 Å². The lowest BCUT2D eigenvalue weighted by Gasteiger charge is -2.37. The van der Waals surface area contributed by atoms with Crippen LogP contribution < -0.4 is 4.74 Å². The number of methoxy groups -OCH3 is 1. The molecule has 1 aromatic carbocycles. The molecule has 0 unspecified atom stereocenters. The van der Waals surface area contributed by atoms with Crippen molar-refractivity contribution in [3.8, 4) is 5.75 Å². The molecule has 0 bridgehead atoms. The van der Waals surface area contributed by atoms with Gasteiger partial charge < -0.3 is 14.6 Å². The van der Waals surface area contributed by atoms with Gasteiger partial charge in [0.15, 0.2) is 0 Å². The van der Waals surface area contributed by atoms with Crippen molar-refractivity contribution in [2.24, 2.45) is 0 Å². The molecule has 1 aromatic rings. The van der Waals surface area contributed by atoms with Gasteiger partial charge in [0.25, 0.3) is 0 Å². The molecule has 1 fully saturated rings. The molecular weight excluding hydrogens is 278 g/mol. The number of likely N-dealkylation sites (tertiary alicyclic amines) is 1. The predicted molar refractivity (Wildman–Crippen MR) is 88.2 cm³/mol. The summed E-state index contributed by atoms with van der Waals surface area (Å²) in [5.74, 6) is 0.813. The molecule has 2 rings (SSSR count). The average Bonchev–Trinajstić information content (AvgIpc) is 2.96. The number of ether oxygens (including phenoxy) is 2. The van der Waals surface area contributed by atoms with Crippen LogP contribution in [0.15, 0.2) is 24.3 Å². The standard InChI is InChI=1S/C18H29NO3/c1-14(2)22-13-12-19-11-5-6-17(19)18(3,20)15-7-9-16(21-4)10-8-15/h7-10,14,17,20H,5-6,11-13H2,1-4H3/t17-,18+/m1/s1. The number of benzene rings is 1. The third-order valence-corrected chi connectivity index (χ3v) is 4.52. The fourth-order valence-corrected chi connectivity index (χ4v) is 3.26. The normalized spacial score (nSPS) is 22.0. The van der Waals surface area contributed by atoms with Crippen LogP contribution in [0, 0.1) is 0 Å². The van der Waals surface area contributed by atoms with Crippen molar-refractivity contribution in [2.45, 2.75) is 51.4 Å². The molecule has 1 heterocycles. The van der Waals surface area contributed by atoms with Crippen molar-refractivity contribution >= 4 is 0 Å². The van der Waals surface area contributed by atoms with Crippen molar-refractivity contribution in [3.63, 3.8) is 0 Å². The van der Waals surface area contributed by atoms with E-state index in [1.54, 1.807) is 7.11 Å². The zero-order valence-electron chi connectivity index (χ0n) is 14.2. The SMILES string of the molecule is COc1ccc([C@](C)(O)[C@H]2CCCN2CCOC(C)C)cc1. The first-order chi connectivity index (χ1) is 10.4. The Balaban J connectivity index is 2.05. The van der Waals surface area contributed by atoms with E-state index in [1.165, 1.54) is 0 Å². The molecule has 22 heavy (non-hydrogen) atoms. The summed E-state index contributed by atoms with van der Waals surface area (Å²) >= 11 is 0. The lowest BCUT2D eigenvalue weighted by Crippen LogP contribution is -2.46. The first-order valence-corrected chi connectivity index (χ1v) is 8.17. The Kier molecular flexibility index (Phi) is 5.84. The van der Waals surface area contributed by atoms with E-state index in [1.807, 2.05) is 31.2 Å². The Bertz CT molecular complexity index is 456. The van der Waals surface area contributed by atoms with Gasteiger partial charge in [-0.25, -0.2) is 0 Å². The maximum Gasteiger partial charge on any atom is 0.118 e. The van der Waals surface area contributed by atoms with Crippen molar-refractivity contribution < 1.29 is 14.6 Å². The molecule has 1 N–H and O–H groups in total. The Labute approximate surface area is 134 Å². The third-order valence-electron chi connectivity index (χ3n) is 4.52. The van der Waals surface area contributed by atoms with Gasteiger partial charge in [-0.15, -0.1) is 0 Å². The molecule has 0 aromatic heterocycles. The van der Waals surface area contributed by atoms with E-state index in [0.29, 0.717) is 6.61 Å². The molecule has 1 aliphatic heterocycles. The summed E-state index contributed by atoms with van der Waals surface area (Å²) < 4.78 is 10.9. The van der Waals surface area contributed by atoms with Gasteiger partial charge in [0.1, 0.15) is 11.4 Å². The van der Waals surface area contributed by atoms with Crippen LogP contribution in [0.4, 0.5) is 0 Å². The lowest BCUT2D eigenvalue weighted by atomic mass is 9.86.